The second-order valence-electron chi connectivity index (χ2n) is 5.28. The van der Waals surface area contributed by atoms with Crippen molar-refractivity contribution in [3.8, 4) is 0 Å². The zero-order chi connectivity index (χ0) is 15.2. The van der Waals surface area contributed by atoms with Crippen LogP contribution in [0.2, 0.25) is 0 Å². The molecular weight excluding hydrogens is 296 g/mol. The number of carbonyl (C=O) groups excluding carboxylic acids is 1. The minimum Gasteiger partial charge on any atom is -0.397 e. The highest BCUT2D eigenvalue weighted by Crippen LogP contribution is 2.41. The van der Waals surface area contributed by atoms with Crippen molar-refractivity contribution in [2.24, 2.45) is 0 Å². The highest BCUT2D eigenvalue weighted by Gasteiger charge is 2.34. The van der Waals surface area contributed by atoms with Gasteiger partial charge in [-0.3, -0.25) is 9.78 Å². The fourth-order valence-corrected chi connectivity index (χ4v) is 3.64. The maximum absolute atomic E-state index is 13.3. The van der Waals surface area contributed by atoms with Gasteiger partial charge >= 0.3 is 0 Å². The van der Waals surface area contributed by atoms with Crippen LogP contribution in [-0.2, 0) is 0 Å². The molecule has 2 aromatic heterocycles. The average molecular weight is 311 g/mol. The maximum Gasteiger partial charge on any atom is 0.251 e. The van der Waals surface area contributed by atoms with Crippen LogP contribution in [0.3, 0.4) is 0 Å². The second kappa shape index (κ2) is 4.91. The van der Waals surface area contributed by atoms with Crippen LogP contribution >= 0.6 is 11.3 Å². The van der Waals surface area contributed by atoms with Gasteiger partial charge in [0, 0.05) is 44.4 Å². The minimum atomic E-state index is -2.59. The number of rotatable bonds is 2. The van der Waals surface area contributed by atoms with Crippen molar-refractivity contribution in [1.29, 1.82) is 0 Å². The number of nitrogens with two attached hydrogens (primary N) is 1. The Balaban J connectivity index is 2.05. The summed E-state index contributed by atoms with van der Waals surface area (Å²) in [6.07, 6.45) is 2.95. The smallest absolute Gasteiger partial charge is 0.251 e. The number of halogens is 2. The van der Waals surface area contributed by atoms with E-state index in [1.165, 1.54) is 18.3 Å². The van der Waals surface area contributed by atoms with Crippen LogP contribution in [-0.4, -0.2) is 29.8 Å². The van der Waals surface area contributed by atoms with Gasteiger partial charge in [-0.25, -0.2) is 8.78 Å². The van der Waals surface area contributed by atoms with E-state index in [0.29, 0.717) is 10.6 Å². The lowest BCUT2D eigenvalue weighted by Gasteiger charge is -2.33. The molecule has 21 heavy (non-hydrogen) atoms. The minimum absolute atomic E-state index is 0.0928. The third-order valence-electron chi connectivity index (χ3n) is 3.77. The molecule has 2 aromatic rings. The van der Waals surface area contributed by atoms with Crippen molar-refractivity contribution in [3.05, 3.63) is 17.3 Å². The number of carbonyl (C=O) groups is 1. The zero-order valence-electron chi connectivity index (χ0n) is 11.5. The van der Waals surface area contributed by atoms with Gasteiger partial charge in [0.25, 0.3) is 5.92 Å². The number of alkyl halides is 2. The van der Waals surface area contributed by atoms with E-state index in [1.807, 2.05) is 4.90 Å². The lowest BCUT2D eigenvalue weighted by Crippen LogP contribution is -2.39. The van der Waals surface area contributed by atoms with Crippen molar-refractivity contribution in [2.45, 2.75) is 25.7 Å². The van der Waals surface area contributed by atoms with Gasteiger partial charge in [-0.15, -0.1) is 11.3 Å². The van der Waals surface area contributed by atoms with Gasteiger partial charge in [0.2, 0.25) is 0 Å². The number of thiophene rings is 1. The van der Waals surface area contributed by atoms with Crippen molar-refractivity contribution in [1.82, 2.24) is 4.98 Å². The Kier molecular flexibility index (Phi) is 3.32. The first-order valence-corrected chi connectivity index (χ1v) is 7.50. The summed E-state index contributed by atoms with van der Waals surface area (Å²) in [5, 5.41) is 0.755. The lowest BCUT2D eigenvalue weighted by atomic mass is 10.1. The average Bonchev–Trinajstić information content (AvgIpc) is 2.77. The number of hydrogen-bond donors (Lipinski definition) is 1. The van der Waals surface area contributed by atoms with Crippen LogP contribution in [0.1, 0.15) is 29.4 Å². The number of nitrogen functional groups attached to an aromatic ring is 1. The van der Waals surface area contributed by atoms with Crippen LogP contribution in [0.15, 0.2) is 12.4 Å². The summed E-state index contributed by atoms with van der Waals surface area (Å²) in [6, 6.07) is 0. The molecule has 0 radical (unpaired) electrons. The van der Waals surface area contributed by atoms with E-state index in [4.69, 9.17) is 5.73 Å². The molecule has 0 unspecified atom stereocenters. The van der Waals surface area contributed by atoms with Crippen LogP contribution in [0.25, 0.3) is 10.1 Å². The molecule has 0 saturated carbocycles. The molecule has 3 rings (SSSR count). The number of anilines is 2. The summed E-state index contributed by atoms with van der Waals surface area (Å²) in [4.78, 5) is 18.1. The van der Waals surface area contributed by atoms with Crippen molar-refractivity contribution < 1.29 is 13.6 Å². The van der Waals surface area contributed by atoms with Gasteiger partial charge < -0.3 is 10.6 Å². The highest BCUT2D eigenvalue weighted by molar-refractivity contribution is 7.21. The van der Waals surface area contributed by atoms with Crippen molar-refractivity contribution >= 4 is 38.6 Å². The summed E-state index contributed by atoms with van der Waals surface area (Å²) >= 11 is 1.30. The number of ketones is 1. The predicted octanol–water partition coefficient (Wildman–Crippen LogP) is 3.32. The van der Waals surface area contributed by atoms with E-state index in [2.05, 4.69) is 4.98 Å². The summed E-state index contributed by atoms with van der Waals surface area (Å²) in [5.74, 6) is -2.69. The summed E-state index contributed by atoms with van der Waals surface area (Å²) < 4.78 is 27.4. The molecule has 4 nitrogen and oxygen atoms in total. The molecule has 7 heteroatoms. The molecule has 112 valence electrons. The third kappa shape index (κ3) is 2.46. The van der Waals surface area contributed by atoms with Crippen LogP contribution < -0.4 is 10.6 Å². The summed E-state index contributed by atoms with van der Waals surface area (Å²) in [7, 11) is 0. The Hall–Kier alpha value is -1.76. The van der Waals surface area contributed by atoms with Gasteiger partial charge in [0.05, 0.1) is 27.1 Å². The Bertz CT molecular complexity index is 704. The Morgan fingerprint density at radius 1 is 1.38 bits per heavy atom. The molecule has 2 N–H and O–H groups in total. The van der Waals surface area contributed by atoms with Crippen molar-refractivity contribution in [3.63, 3.8) is 0 Å². The number of pyridine rings is 1. The molecule has 0 spiro atoms. The lowest BCUT2D eigenvalue weighted by molar-refractivity contribution is -0.0220. The normalized spacial score (nSPS) is 18.1. The zero-order valence-corrected chi connectivity index (χ0v) is 12.3. The fourth-order valence-electron chi connectivity index (χ4n) is 2.63. The van der Waals surface area contributed by atoms with E-state index in [0.717, 1.165) is 15.8 Å². The fraction of sp³-hybridized carbons (Fsp3) is 0.429. The van der Waals surface area contributed by atoms with Crippen LogP contribution in [0, 0.1) is 0 Å². The van der Waals surface area contributed by atoms with Crippen molar-refractivity contribution in [2.75, 3.05) is 23.7 Å². The summed E-state index contributed by atoms with van der Waals surface area (Å²) in [6.45, 7) is 1.99. The molecule has 1 fully saturated rings. The molecule has 0 aliphatic carbocycles. The van der Waals surface area contributed by atoms with Crippen LogP contribution in [0.4, 0.5) is 20.2 Å². The van der Waals surface area contributed by atoms with E-state index < -0.39 is 5.92 Å². The number of Topliss-reactive ketones (excluding diaryl/α,β-unsaturated/α-hetero) is 1. The quantitative estimate of drug-likeness (QED) is 0.864. The first-order valence-electron chi connectivity index (χ1n) is 6.69. The number of aromatic nitrogens is 1. The molecule has 1 aliphatic rings. The molecule has 3 heterocycles. The number of fused-ring (bicyclic) bond motifs is 1. The first kappa shape index (κ1) is 14.2. The maximum atomic E-state index is 13.3. The Morgan fingerprint density at radius 2 is 2.05 bits per heavy atom. The van der Waals surface area contributed by atoms with Gasteiger partial charge in [0.1, 0.15) is 0 Å². The summed E-state index contributed by atoms with van der Waals surface area (Å²) in [5.41, 5.74) is 7.26. The monoisotopic (exact) mass is 311 g/mol. The first-order chi connectivity index (χ1) is 9.89. The van der Waals surface area contributed by atoms with Gasteiger partial charge in [0.15, 0.2) is 5.78 Å². The standard InChI is InChI=1S/C14H15F2N3OS/c1-8(20)13-12(17)11-9(6-18-7-10(11)21-13)19-4-2-14(15,16)3-5-19/h6-7H,2-5,17H2,1H3. The van der Waals surface area contributed by atoms with Crippen LogP contribution in [0.5, 0.6) is 0 Å². The second-order valence-corrected chi connectivity index (χ2v) is 6.33. The van der Waals surface area contributed by atoms with E-state index in [1.54, 1.807) is 12.4 Å². The molecule has 0 bridgehead atoms. The number of hydrogen-bond acceptors (Lipinski definition) is 5. The molecule has 1 aliphatic heterocycles. The SMILES string of the molecule is CC(=O)c1sc2cncc(N3CCC(F)(F)CC3)c2c1N. The third-order valence-corrected chi connectivity index (χ3v) is 5.01. The Labute approximate surface area is 124 Å². The molecule has 0 aromatic carbocycles. The van der Waals surface area contributed by atoms with Gasteiger partial charge in [-0.2, -0.15) is 0 Å². The van der Waals surface area contributed by atoms with E-state index in [9.17, 15) is 13.6 Å². The number of nitrogens with zero attached hydrogens (tertiary/aromatic N) is 2. The van der Waals surface area contributed by atoms with Gasteiger partial charge in [-0.1, -0.05) is 0 Å². The molecule has 0 atom stereocenters. The van der Waals surface area contributed by atoms with E-state index in [-0.39, 0.29) is 31.7 Å². The molecular formula is C14H15F2N3OS. The Morgan fingerprint density at radius 3 is 2.67 bits per heavy atom. The van der Waals surface area contributed by atoms with Gasteiger partial charge in [-0.05, 0) is 0 Å². The predicted molar refractivity (Wildman–Crippen MR) is 80.4 cm³/mol. The number of piperidine rings is 1. The largest absolute Gasteiger partial charge is 0.397 e. The van der Waals surface area contributed by atoms with E-state index >= 15 is 0 Å². The molecule has 0 amide bonds. The highest BCUT2D eigenvalue weighted by atomic mass is 32.1. The topological polar surface area (TPSA) is 59.2 Å². The molecule has 1 saturated heterocycles.